The summed E-state index contributed by atoms with van der Waals surface area (Å²) < 4.78 is 8.92. The van der Waals surface area contributed by atoms with Crippen molar-refractivity contribution in [3.63, 3.8) is 0 Å². The van der Waals surface area contributed by atoms with Crippen LogP contribution < -0.4 is 11.3 Å². The molecule has 1 aromatic rings. The lowest BCUT2D eigenvalue weighted by atomic mass is 10.0. The molecule has 0 aliphatic carbocycles. The summed E-state index contributed by atoms with van der Waals surface area (Å²) in [5, 5.41) is 4.65. The zero-order valence-corrected chi connectivity index (χ0v) is 14.7. The lowest BCUT2D eigenvalue weighted by Crippen LogP contribution is -2.38. The van der Waals surface area contributed by atoms with E-state index < -0.39 is 0 Å². The van der Waals surface area contributed by atoms with Crippen LogP contribution in [0.5, 0.6) is 0 Å². The molecule has 0 amide bonds. The van der Waals surface area contributed by atoms with Crippen LogP contribution in [0.3, 0.4) is 0 Å². The fourth-order valence-corrected chi connectivity index (χ4v) is 3.68. The molecule has 120 valence electrons. The van der Waals surface area contributed by atoms with Gasteiger partial charge < -0.3 is 4.74 Å². The summed E-state index contributed by atoms with van der Waals surface area (Å²) in [6.07, 6.45) is 6.75. The maximum Gasteiger partial charge on any atom is 0.0766 e. The number of hydrogen-bond acceptors (Lipinski definition) is 4. The maximum absolute atomic E-state index is 5.75. The second kappa shape index (κ2) is 8.27. The minimum Gasteiger partial charge on any atom is -0.378 e. The molecule has 0 saturated carbocycles. The molecule has 2 atom stereocenters. The first-order valence-electron chi connectivity index (χ1n) is 8.01. The van der Waals surface area contributed by atoms with Crippen LogP contribution in [0.25, 0.3) is 0 Å². The Morgan fingerprint density at radius 3 is 2.90 bits per heavy atom. The van der Waals surface area contributed by atoms with Crippen molar-refractivity contribution in [2.75, 3.05) is 6.61 Å². The molecule has 2 rings (SSSR count). The topological polar surface area (TPSA) is 65.1 Å². The maximum atomic E-state index is 5.75. The largest absolute Gasteiger partial charge is 0.378 e. The van der Waals surface area contributed by atoms with Gasteiger partial charge in [0.05, 0.1) is 22.0 Å². The molecule has 0 aromatic carbocycles. The van der Waals surface area contributed by atoms with Gasteiger partial charge in [-0.05, 0) is 55.0 Å². The average Bonchev–Trinajstić information content (AvgIpc) is 3.12. The fraction of sp³-hybridized carbons (Fsp3) is 0.800. The van der Waals surface area contributed by atoms with Crippen molar-refractivity contribution in [3.8, 4) is 0 Å². The van der Waals surface area contributed by atoms with E-state index in [-0.39, 0.29) is 6.04 Å². The van der Waals surface area contributed by atoms with E-state index in [1.807, 2.05) is 0 Å². The number of aryl methyl sites for hydroxylation is 2. The number of halogens is 1. The summed E-state index contributed by atoms with van der Waals surface area (Å²) in [6.45, 7) is 6.06. The number of nitrogens with two attached hydrogens (primary N) is 1. The minimum atomic E-state index is 0.261. The Hall–Kier alpha value is -0.430. The molecule has 1 aliphatic rings. The van der Waals surface area contributed by atoms with Crippen LogP contribution in [0.1, 0.15) is 50.9 Å². The van der Waals surface area contributed by atoms with Gasteiger partial charge in [0, 0.05) is 25.6 Å². The van der Waals surface area contributed by atoms with Gasteiger partial charge in [0.1, 0.15) is 0 Å². The number of aromatic nitrogens is 2. The van der Waals surface area contributed by atoms with Crippen molar-refractivity contribution >= 4 is 15.9 Å². The highest BCUT2D eigenvalue weighted by molar-refractivity contribution is 9.10. The van der Waals surface area contributed by atoms with Crippen LogP contribution in [0, 0.1) is 0 Å². The predicted molar refractivity (Wildman–Crippen MR) is 88.0 cm³/mol. The Kier molecular flexibility index (Phi) is 6.67. The zero-order chi connectivity index (χ0) is 15.2. The van der Waals surface area contributed by atoms with E-state index in [4.69, 9.17) is 10.6 Å². The van der Waals surface area contributed by atoms with E-state index >= 15 is 0 Å². The molecule has 2 heterocycles. The second-order valence-electron chi connectivity index (χ2n) is 5.66. The van der Waals surface area contributed by atoms with Crippen molar-refractivity contribution < 1.29 is 4.74 Å². The van der Waals surface area contributed by atoms with Crippen molar-refractivity contribution in [1.29, 1.82) is 0 Å². The third-order valence-corrected chi connectivity index (χ3v) is 5.15. The molecule has 1 aliphatic heterocycles. The summed E-state index contributed by atoms with van der Waals surface area (Å²) >= 11 is 3.70. The van der Waals surface area contributed by atoms with Crippen LogP contribution in [-0.4, -0.2) is 28.5 Å². The van der Waals surface area contributed by atoms with Gasteiger partial charge in [-0.25, -0.2) is 0 Å². The number of nitrogens with zero attached hydrogens (tertiary/aromatic N) is 2. The SMILES string of the molecule is CCc1nn(CC)c(CC(CCC2CCCO2)NN)c1Br. The number of nitrogens with one attached hydrogen (secondary N) is 1. The first kappa shape index (κ1) is 16.9. The van der Waals surface area contributed by atoms with Crippen molar-refractivity contribution in [1.82, 2.24) is 15.2 Å². The molecule has 3 N–H and O–H groups in total. The molecule has 5 nitrogen and oxygen atoms in total. The molecular formula is C15H27BrN4O. The van der Waals surface area contributed by atoms with Crippen LogP contribution in [0.4, 0.5) is 0 Å². The first-order valence-corrected chi connectivity index (χ1v) is 8.80. The van der Waals surface area contributed by atoms with Crippen LogP contribution in [0.2, 0.25) is 0 Å². The fourth-order valence-electron chi connectivity index (χ4n) is 2.95. The van der Waals surface area contributed by atoms with Crippen LogP contribution in [-0.2, 0) is 24.1 Å². The Balaban J connectivity index is 1.98. The molecule has 1 aromatic heterocycles. The van der Waals surface area contributed by atoms with Crippen LogP contribution in [0.15, 0.2) is 4.47 Å². The van der Waals surface area contributed by atoms with E-state index in [9.17, 15) is 0 Å². The number of hydrazine groups is 1. The Bertz CT molecular complexity index is 443. The standard InChI is InChI=1S/C15H27BrN4O/c1-3-13-15(16)14(20(4-2)19-13)10-11(18-17)7-8-12-6-5-9-21-12/h11-12,18H,3-10,17H2,1-2H3. The lowest BCUT2D eigenvalue weighted by Gasteiger charge is -2.18. The van der Waals surface area contributed by atoms with E-state index in [1.165, 1.54) is 18.5 Å². The van der Waals surface area contributed by atoms with E-state index in [0.717, 1.165) is 49.0 Å². The average molecular weight is 359 g/mol. The molecule has 0 spiro atoms. The highest BCUT2D eigenvalue weighted by Gasteiger charge is 2.21. The lowest BCUT2D eigenvalue weighted by molar-refractivity contribution is 0.0995. The van der Waals surface area contributed by atoms with Gasteiger partial charge in [-0.1, -0.05) is 6.92 Å². The van der Waals surface area contributed by atoms with Crippen molar-refractivity contribution in [2.24, 2.45) is 5.84 Å². The summed E-state index contributed by atoms with van der Waals surface area (Å²) in [5.41, 5.74) is 5.33. The molecule has 6 heteroatoms. The van der Waals surface area contributed by atoms with Crippen LogP contribution >= 0.6 is 15.9 Å². The first-order chi connectivity index (χ1) is 10.2. The number of hydrogen-bond donors (Lipinski definition) is 2. The van der Waals surface area contributed by atoms with Gasteiger partial charge in [-0.15, -0.1) is 0 Å². The van der Waals surface area contributed by atoms with Gasteiger partial charge in [-0.2, -0.15) is 5.10 Å². The molecule has 0 bridgehead atoms. The third-order valence-electron chi connectivity index (χ3n) is 4.23. The number of ether oxygens (including phenoxy) is 1. The Labute approximate surface area is 135 Å². The van der Waals surface area contributed by atoms with Gasteiger partial charge in [0.2, 0.25) is 0 Å². The Morgan fingerprint density at radius 1 is 1.52 bits per heavy atom. The Morgan fingerprint density at radius 2 is 2.33 bits per heavy atom. The third kappa shape index (κ3) is 4.28. The quantitative estimate of drug-likeness (QED) is 0.553. The number of rotatable bonds is 8. The van der Waals surface area contributed by atoms with Crippen molar-refractivity contribution in [2.45, 2.75) is 71.1 Å². The van der Waals surface area contributed by atoms with Crippen molar-refractivity contribution in [3.05, 3.63) is 15.9 Å². The molecule has 1 saturated heterocycles. The summed E-state index contributed by atoms with van der Waals surface area (Å²) in [7, 11) is 0. The molecule has 1 fully saturated rings. The van der Waals surface area contributed by atoms with E-state index in [1.54, 1.807) is 0 Å². The van der Waals surface area contributed by atoms with Gasteiger partial charge in [-0.3, -0.25) is 16.0 Å². The van der Waals surface area contributed by atoms with E-state index in [0.29, 0.717) is 6.10 Å². The molecule has 2 unspecified atom stereocenters. The summed E-state index contributed by atoms with van der Waals surface area (Å²) in [6, 6.07) is 0.261. The second-order valence-corrected chi connectivity index (χ2v) is 6.45. The molecule has 21 heavy (non-hydrogen) atoms. The van der Waals surface area contributed by atoms with E-state index in [2.05, 4.69) is 45.0 Å². The molecular weight excluding hydrogens is 332 g/mol. The smallest absolute Gasteiger partial charge is 0.0766 e. The summed E-state index contributed by atoms with van der Waals surface area (Å²) in [5.74, 6) is 5.75. The predicted octanol–water partition coefficient (Wildman–Crippen LogP) is 2.56. The highest BCUT2D eigenvalue weighted by atomic mass is 79.9. The minimum absolute atomic E-state index is 0.261. The van der Waals surface area contributed by atoms with Gasteiger partial charge in [0.15, 0.2) is 0 Å². The monoisotopic (exact) mass is 358 g/mol. The zero-order valence-electron chi connectivity index (χ0n) is 13.1. The van der Waals surface area contributed by atoms with Gasteiger partial charge >= 0.3 is 0 Å². The molecule has 0 radical (unpaired) electrons. The van der Waals surface area contributed by atoms with Gasteiger partial charge in [0.25, 0.3) is 0 Å². The normalized spacial score (nSPS) is 20.1. The highest BCUT2D eigenvalue weighted by Crippen LogP contribution is 2.25. The summed E-state index contributed by atoms with van der Waals surface area (Å²) in [4.78, 5) is 0.